The minimum absolute atomic E-state index is 0.156. The molecule has 0 aliphatic heterocycles. The van der Waals surface area contributed by atoms with Gasteiger partial charge in [-0.25, -0.2) is 0 Å². The Kier molecular flexibility index (Phi) is 5.58. The van der Waals surface area contributed by atoms with Gasteiger partial charge in [0, 0.05) is 6.21 Å². The first-order valence-corrected chi connectivity index (χ1v) is 7.13. The molecule has 0 spiro atoms. The maximum Gasteiger partial charge on any atom is 0.282 e. The standard InChI is InChI=1S/C13H17NO3S/c1-3-4-5-6-11-14-18(15,16)13-9-7-12(17-2)8-10-13/h5-11H,3-4H2,1-2H3/b6-5+,14-11+. The molecular weight excluding hydrogens is 250 g/mol. The van der Waals surface area contributed by atoms with Crippen molar-refractivity contribution < 1.29 is 13.2 Å². The Morgan fingerprint density at radius 3 is 2.50 bits per heavy atom. The molecule has 1 aromatic carbocycles. The first-order valence-electron chi connectivity index (χ1n) is 5.69. The van der Waals surface area contributed by atoms with Crippen LogP contribution >= 0.6 is 0 Å². The molecule has 0 bridgehead atoms. The van der Waals surface area contributed by atoms with Crippen LogP contribution in [-0.4, -0.2) is 21.7 Å². The predicted molar refractivity (Wildman–Crippen MR) is 72.7 cm³/mol. The molecule has 0 aromatic heterocycles. The van der Waals surface area contributed by atoms with Gasteiger partial charge in [-0.3, -0.25) is 0 Å². The second-order valence-corrected chi connectivity index (χ2v) is 5.25. The highest BCUT2D eigenvalue weighted by atomic mass is 32.2. The Morgan fingerprint density at radius 1 is 1.28 bits per heavy atom. The summed E-state index contributed by atoms with van der Waals surface area (Å²) in [6.45, 7) is 2.05. The molecule has 0 aliphatic rings. The van der Waals surface area contributed by atoms with Crippen molar-refractivity contribution in [3.63, 3.8) is 0 Å². The average molecular weight is 267 g/mol. The van der Waals surface area contributed by atoms with Gasteiger partial charge in [-0.1, -0.05) is 19.4 Å². The zero-order valence-corrected chi connectivity index (χ0v) is 11.4. The van der Waals surface area contributed by atoms with Crippen LogP contribution < -0.4 is 4.74 Å². The highest BCUT2D eigenvalue weighted by molar-refractivity contribution is 7.90. The Morgan fingerprint density at radius 2 is 1.94 bits per heavy atom. The van der Waals surface area contributed by atoms with Gasteiger partial charge < -0.3 is 4.74 Å². The van der Waals surface area contributed by atoms with E-state index in [-0.39, 0.29) is 4.90 Å². The molecule has 98 valence electrons. The number of benzene rings is 1. The second kappa shape index (κ2) is 6.96. The van der Waals surface area contributed by atoms with Gasteiger partial charge in [0.25, 0.3) is 10.0 Å². The van der Waals surface area contributed by atoms with Crippen molar-refractivity contribution >= 4 is 16.2 Å². The van der Waals surface area contributed by atoms with E-state index in [2.05, 4.69) is 11.3 Å². The van der Waals surface area contributed by atoms with Crippen LogP contribution in [0, 0.1) is 0 Å². The lowest BCUT2D eigenvalue weighted by Crippen LogP contribution is -1.96. The monoisotopic (exact) mass is 267 g/mol. The summed E-state index contributed by atoms with van der Waals surface area (Å²) in [6, 6.07) is 6.13. The highest BCUT2D eigenvalue weighted by Crippen LogP contribution is 2.16. The SMILES string of the molecule is CCC/C=C/C=N/S(=O)(=O)c1ccc(OC)cc1. The van der Waals surface area contributed by atoms with Crippen molar-refractivity contribution in [2.75, 3.05) is 7.11 Å². The van der Waals surface area contributed by atoms with Crippen molar-refractivity contribution in [3.05, 3.63) is 36.4 Å². The van der Waals surface area contributed by atoms with Crippen LogP contribution in [-0.2, 0) is 10.0 Å². The van der Waals surface area contributed by atoms with Crippen molar-refractivity contribution in [2.45, 2.75) is 24.7 Å². The molecule has 0 fully saturated rings. The first-order chi connectivity index (χ1) is 8.60. The molecule has 0 unspecified atom stereocenters. The van der Waals surface area contributed by atoms with Crippen molar-refractivity contribution in [3.8, 4) is 5.75 Å². The highest BCUT2D eigenvalue weighted by Gasteiger charge is 2.10. The number of sulfonamides is 1. The molecule has 1 rings (SSSR count). The van der Waals surface area contributed by atoms with Gasteiger partial charge in [0.2, 0.25) is 0 Å². The molecule has 0 saturated heterocycles. The minimum atomic E-state index is -3.61. The number of allylic oxidation sites excluding steroid dienone is 2. The molecule has 0 saturated carbocycles. The molecule has 0 aliphatic carbocycles. The van der Waals surface area contributed by atoms with Crippen LogP contribution in [0.1, 0.15) is 19.8 Å². The summed E-state index contributed by atoms with van der Waals surface area (Å²) in [7, 11) is -2.08. The van der Waals surface area contributed by atoms with E-state index >= 15 is 0 Å². The molecule has 4 nitrogen and oxygen atoms in total. The molecule has 0 heterocycles. The topological polar surface area (TPSA) is 55.7 Å². The smallest absolute Gasteiger partial charge is 0.282 e. The second-order valence-electron chi connectivity index (χ2n) is 3.62. The first kappa shape index (κ1) is 14.4. The molecule has 5 heteroatoms. The molecule has 18 heavy (non-hydrogen) atoms. The molecule has 0 radical (unpaired) electrons. The maximum absolute atomic E-state index is 11.8. The average Bonchev–Trinajstić information content (AvgIpc) is 2.38. The van der Waals surface area contributed by atoms with E-state index in [4.69, 9.17) is 4.74 Å². The number of unbranched alkanes of at least 4 members (excludes halogenated alkanes) is 1. The van der Waals surface area contributed by atoms with Crippen LogP contribution in [0.25, 0.3) is 0 Å². The van der Waals surface area contributed by atoms with Gasteiger partial charge in [0.15, 0.2) is 0 Å². The van der Waals surface area contributed by atoms with Crippen molar-refractivity contribution in [1.82, 2.24) is 0 Å². The Hall–Kier alpha value is -1.62. The fourth-order valence-corrected chi connectivity index (χ4v) is 2.08. The van der Waals surface area contributed by atoms with Gasteiger partial charge >= 0.3 is 0 Å². The summed E-state index contributed by atoms with van der Waals surface area (Å²) in [5, 5.41) is 0. The van der Waals surface area contributed by atoms with Gasteiger partial charge in [-0.2, -0.15) is 12.8 Å². The van der Waals surface area contributed by atoms with Crippen LogP contribution in [0.4, 0.5) is 0 Å². The zero-order valence-electron chi connectivity index (χ0n) is 10.5. The number of nitrogens with zero attached hydrogens (tertiary/aromatic N) is 1. The third kappa shape index (κ3) is 4.33. The van der Waals surface area contributed by atoms with E-state index < -0.39 is 10.0 Å². The third-order valence-corrected chi connectivity index (χ3v) is 3.50. The van der Waals surface area contributed by atoms with Gasteiger partial charge in [0.05, 0.1) is 12.0 Å². The van der Waals surface area contributed by atoms with Crippen LogP contribution in [0.2, 0.25) is 0 Å². The summed E-state index contributed by atoms with van der Waals surface area (Å²) < 4.78 is 32.1. The number of rotatable bonds is 6. The Bertz CT molecular complexity index is 516. The number of hydrogen-bond acceptors (Lipinski definition) is 3. The molecule has 0 N–H and O–H groups in total. The number of methoxy groups -OCH3 is 1. The van der Waals surface area contributed by atoms with E-state index in [1.807, 2.05) is 6.08 Å². The third-order valence-electron chi connectivity index (χ3n) is 2.23. The van der Waals surface area contributed by atoms with E-state index in [1.165, 1.54) is 25.5 Å². The quantitative estimate of drug-likeness (QED) is 0.745. The van der Waals surface area contributed by atoms with Crippen LogP contribution in [0.5, 0.6) is 5.75 Å². The number of ether oxygens (including phenoxy) is 1. The van der Waals surface area contributed by atoms with E-state index in [0.717, 1.165) is 12.8 Å². The van der Waals surface area contributed by atoms with Crippen LogP contribution in [0.15, 0.2) is 45.7 Å². The largest absolute Gasteiger partial charge is 0.497 e. The Labute approximate surface area is 108 Å². The number of hydrogen-bond donors (Lipinski definition) is 0. The molecule has 0 amide bonds. The van der Waals surface area contributed by atoms with Gasteiger partial charge in [-0.05, 0) is 36.8 Å². The summed E-state index contributed by atoms with van der Waals surface area (Å²) in [5.41, 5.74) is 0. The van der Waals surface area contributed by atoms with Crippen molar-refractivity contribution in [2.24, 2.45) is 4.40 Å². The molecule has 1 aromatic rings. The van der Waals surface area contributed by atoms with E-state index in [1.54, 1.807) is 18.2 Å². The fraction of sp³-hybridized carbons (Fsp3) is 0.308. The zero-order chi connectivity index (χ0) is 13.4. The lowest BCUT2D eigenvalue weighted by molar-refractivity contribution is 0.414. The molecular formula is C13H17NO3S. The minimum Gasteiger partial charge on any atom is -0.497 e. The fourth-order valence-electron chi connectivity index (χ4n) is 1.25. The Balaban J connectivity index is 2.79. The lowest BCUT2D eigenvalue weighted by Gasteiger charge is -2.00. The predicted octanol–water partition coefficient (Wildman–Crippen LogP) is 2.81. The van der Waals surface area contributed by atoms with E-state index in [9.17, 15) is 8.42 Å². The summed E-state index contributed by atoms with van der Waals surface area (Å²) in [5.74, 6) is 0.612. The normalized spacial score (nSPS) is 12.3. The van der Waals surface area contributed by atoms with Gasteiger partial charge in [-0.15, -0.1) is 0 Å². The van der Waals surface area contributed by atoms with Crippen molar-refractivity contribution in [1.29, 1.82) is 0 Å². The maximum atomic E-state index is 11.8. The summed E-state index contributed by atoms with van der Waals surface area (Å²) in [4.78, 5) is 0.156. The lowest BCUT2D eigenvalue weighted by atomic mass is 10.3. The van der Waals surface area contributed by atoms with Crippen LogP contribution in [0.3, 0.4) is 0 Å². The summed E-state index contributed by atoms with van der Waals surface area (Å²) >= 11 is 0. The summed E-state index contributed by atoms with van der Waals surface area (Å²) in [6.07, 6.45) is 6.76. The molecule has 0 atom stereocenters. The van der Waals surface area contributed by atoms with E-state index in [0.29, 0.717) is 5.75 Å². The van der Waals surface area contributed by atoms with Gasteiger partial charge in [0.1, 0.15) is 5.75 Å².